The quantitative estimate of drug-likeness (QED) is 0.906. The van der Waals surface area contributed by atoms with Gasteiger partial charge in [0.05, 0.1) is 5.92 Å². The summed E-state index contributed by atoms with van der Waals surface area (Å²) in [5.74, 6) is -0.0263. The van der Waals surface area contributed by atoms with Gasteiger partial charge in [-0.05, 0) is 29.5 Å². The van der Waals surface area contributed by atoms with Crippen LogP contribution in [0.5, 0.6) is 0 Å². The second-order valence-electron chi connectivity index (χ2n) is 6.52. The summed E-state index contributed by atoms with van der Waals surface area (Å²) in [5, 5.41) is 0.688. The highest BCUT2D eigenvalue weighted by Crippen LogP contribution is 2.25. The molecule has 0 aromatic heterocycles. The molecule has 4 heteroatoms. The van der Waals surface area contributed by atoms with E-state index in [-0.39, 0.29) is 17.2 Å². The number of rotatable bonds is 5. The second kappa shape index (κ2) is 7.09. The van der Waals surface area contributed by atoms with Gasteiger partial charge in [-0.2, -0.15) is 0 Å². The summed E-state index contributed by atoms with van der Waals surface area (Å²) in [4.78, 5) is 14.2. The van der Waals surface area contributed by atoms with Gasteiger partial charge in [-0.15, -0.1) is 0 Å². The van der Waals surface area contributed by atoms with Crippen LogP contribution in [0.3, 0.4) is 0 Å². The lowest BCUT2D eigenvalue weighted by Gasteiger charge is -2.28. The van der Waals surface area contributed by atoms with Crippen LogP contribution < -0.4 is 5.73 Å². The van der Waals surface area contributed by atoms with Crippen molar-refractivity contribution in [2.45, 2.75) is 33.7 Å². The number of halogens is 1. The Bertz CT molecular complexity index is 454. The van der Waals surface area contributed by atoms with Gasteiger partial charge < -0.3 is 10.6 Å². The van der Waals surface area contributed by atoms with Crippen LogP contribution >= 0.6 is 11.6 Å². The fourth-order valence-corrected chi connectivity index (χ4v) is 2.52. The van der Waals surface area contributed by atoms with Gasteiger partial charge in [0.1, 0.15) is 0 Å². The number of nitrogens with zero attached hydrogens (tertiary/aromatic N) is 1. The van der Waals surface area contributed by atoms with Gasteiger partial charge in [0.25, 0.3) is 0 Å². The van der Waals surface area contributed by atoms with Crippen LogP contribution in [0.2, 0.25) is 5.02 Å². The van der Waals surface area contributed by atoms with Crippen molar-refractivity contribution in [1.82, 2.24) is 4.90 Å². The van der Waals surface area contributed by atoms with E-state index >= 15 is 0 Å². The largest absolute Gasteiger partial charge is 0.341 e. The van der Waals surface area contributed by atoms with E-state index in [9.17, 15) is 4.79 Å². The van der Waals surface area contributed by atoms with E-state index in [4.69, 9.17) is 17.3 Å². The number of carbonyl (C=O) groups excluding carboxylic acids is 1. The molecule has 112 valence electrons. The SMILES string of the molecule is CN(Cc1cccc(Cl)c1)C(=O)C(CN)CC(C)(C)C. The van der Waals surface area contributed by atoms with Crippen LogP contribution in [0.25, 0.3) is 0 Å². The van der Waals surface area contributed by atoms with Crippen molar-refractivity contribution in [3.05, 3.63) is 34.9 Å². The van der Waals surface area contributed by atoms with Crippen LogP contribution in [0, 0.1) is 11.3 Å². The summed E-state index contributed by atoms with van der Waals surface area (Å²) in [5.41, 5.74) is 6.89. The molecular formula is C16H25ClN2O. The Morgan fingerprint density at radius 1 is 1.40 bits per heavy atom. The fraction of sp³-hybridized carbons (Fsp3) is 0.562. The third-order valence-corrected chi connectivity index (χ3v) is 3.41. The van der Waals surface area contributed by atoms with Crippen LogP contribution in [0.15, 0.2) is 24.3 Å². The number of carbonyl (C=O) groups is 1. The first kappa shape index (κ1) is 17.0. The molecule has 1 rings (SSSR count). The Balaban J connectivity index is 2.70. The van der Waals surface area contributed by atoms with Crippen molar-refractivity contribution in [3.8, 4) is 0 Å². The van der Waals surface area contributed by atoms with Gasteiger partial charge in [-0.25, -0.2) is 0 Å². The van der Waals surface area contributed by atoms with E-state index in [1.54, 1.807) is 4.90 Å². The number of benzene rings is 1. The Kier molecular flexibility index (Phi) is 6.03. The van der Waals surface area contributed by atoms with Crippen LogP contribution in [-0.4, -0.2) is 24.4 Å². The van der Waals surface area contributed by atoms with Crippen molar-refractivity contribution < 1.29 is 4.79 Å². The molecule has 2 N–H and O–H groups in total. The van der Waals surface area contributed by atoms with E-state index in [0.29, 0.717) is 18.1 Å². The van der Waals surface area contributed by atoms with Crippen LogP contribution in [0.1, 0.15) is 32.8 Å². The van der Waals surface area contributed by atoms with E-state index in [2.05, 4.69) is 20.8 Å². The first-order chi connectivity index (χ1) is 9.23. The van der Waals surface area contributed by atoms with Crippen molar-refractivity contribution in [1.29, 1.82) is 0 Å². The number of hydrogen-bond acceptors (Lipinski definition) is 2. The topological polar surface area (TPSA) is 46.3 Å². The highest BCUT2D eigenvalue weighted by Gasteiger charge is 2.26. The number of amides is 1. The van der Waals surface area contributed by atoms with Crippen LogP contribution in [-0.2, 0) is 11.3 Å². The molecule has 1 amide bonds. The Morgan fingerprint density at radius 3 is 2.55 bits per heavy atom. The molecule has 0 bridgehead atoms. The lowest BCUT2D eigenvalue weighted by Crippen LogP contribution is -2.38. The summed E-state index contributed by atoms with van der Waals surface area (Å²) < 4.78 is 0. The monoisotopic (exact) mass is 296 g/mol. The molecule has 1 unspecified atom stereocenters. The first-order valence-corrected chi connectivity index (χ1v) is 7.30. The average Bonchev–Trinajstić information content (AvgIpc) is 2.34. The molecule has 0 saturated heterocycles. The fourth-order valence-electron chi connectivity index (χ4n) is 2.31. The molecule has 3 nitrogen and oxygen atoms in total. The zero-order valence-electron chi connectivity index (χ0n) is 12.8. The van der Waals surface area contributed by atoms with E-state index < -0.39 is 0 Å². The smallest absolute Gasteiger partial charge is 0.227 e. The molecule has 0 aliphatic carbocycles. The molecule has 1 atom stereocenters. The summed E-state index contributed by atoms with van der Waals surface area (Å²) in [6.45, 7) is 7.32. The molecule has 0 fully saturated rings. The standard InChI is InChI=1S/C16H25ClN2O/c1-16(2,3)9-13(10-18)15(20)19(4)11-12-6-5-7-14(17)8-12/h5-8,13H,9-11,18H2,1-4H3. The predicted octanol–water partition coefficient (Wildman–Crippen LogP) is 3.31. The third kappa shape index (κ3) is 5.51. The first-order valence-electron chi connectivity index (χ1n) is 6.92. The maximum absolute atomic E-state index is 12.5. The zero-order chi connectivity index (χ0) is 15.3. The van der Waals surface area contributed by atoms with Gasteiger partial charge in [-0.1, -0.05) is 44.5 Å². The predicted molar refractivity (Wildman–Crippen MR) is 84.5 cm³/mol. The molecular weight excluding hydrogens is 272 g/mol. The zero-order valence-corrected chi connectivity index (χ0v) is 13.6. The number of hydrogen-bond donors (Lipinski definition) is 1. The van der Waals surface area contributed by atoms with Gasteiger partial charge in [0.15, 0.2) is 0 Å². The van der Waals surface area contributed by atoms with Gasteiger partial charge in [-0.3, -0.25) is 4.79 Å². The van der Waals surface area contributed by atoms with Crippen molar-refractivity contribution in [2.75, 3.05) is 13.6 Å². The Labute approximate surface area is 127 Å². The Hall–Kier alpha value is -1.06. The molecule has 0 aliphatic rings. The second-order valence-corrected chi connectivity index (χ2v) is 6.96. The van der Waals surface area contributed by atoms with Crippen molar-refractivity contribution in [2.24, 2.45) is 17.1 Å². The van der Waals surface area contributed by atoms with E-state index in [0.717, 1.165) is 12.0 Å². The highest BCUT2D eigenvalue weighted by atomic mass is 35.5. The van der Waals surface area contributed by atoms with Gasteiger partial charge in [0.2, 0.25) is 5.91 Å². The highest BCUT2D eigenvalue weighted by molar-refractivity contribution is 6.30. The minimum atomic E-state index is -0.126. The molecule has 20 heavy (non-hydrogen) atoms. The van der Waals surface area contributed by atoms with Gasteiger partial charge in [0, 0.05) is 25.2 Å². The normalized spacial score (nSPS) is 13.1. The Morgan fingerprint density at radius 2 is 2.05 bits per heavy atom. The minimum Gasteiger partial charge on any atom is -0.341 e. The van der Waals surface area contributed by atoms with Crippen LogP contribution in [0.4, 0.5) is 0 Å². The maximum Gasteiger partial charge on any atom is 0.227 e. The van der Waals surface area contributed by atoms with Gasteiger partial charge >= 0.3 is 0 Å². The molecule has 0 aliphatic heterocycles. The average molecular weight is 297 g/mol. The summed E-state index contributed by atoms with van der Waals surface area (Å²) in [7, 11) is 1.81. The lowest BCUT2D eigenvalue weighted by atomic mass is 9.84. The van der Waals surface area contributed by atoms with E-state index in [1.807, 2.05) is 31.3 Å². The maximum atomic E-state index is 12.5. The summed E-state index contributed by atoms with van der Waals surface area (Å²) in [6.07, 6.45) is 0.794. The van der Waals surface area contributed by atoms with Crippen molar-refractivity contribution >= 4 is 17.5 Å². The number of nitrogens with two attached hydrogens (primary N) is 1. The minimum absolute atomic E-state index is 0.0938. The molecule has 0 spiro atoms. The molecule has 0 saturated carbocycles. The molecule has 1 aromatic rings. The summed E-state index contributed by atoms with van der Waals surface area (Å²) in [6, 6.07) is 7.57. The molecule has 1 aromatic carbocycles. The molecule has 0 radical (unpaired) electrons. The lowest BCUT2D eigenvalue weighted by molar-refractivity contribution is -0.135. The van der Waals surface area contributed by atoms with E-state index in [1.165, 1.54) is 0 Å². The van der Waals surface area contributed by atoms with Crippen molar-refractivity contribution in [3.63, 3.8) is 0 Å². The third-order valence-electron chi connectivity index (χ3n) is 3.18. The molecule has 0 heterocycles. The summed E-state index contributed by atoms with van der Waals surface area (Å²) >= 11 is 5.96.